The number of likely N-dealkylation sites (tertiary alicyclic amines) is 1. The van der Waals surface area contributed by atoms with E-state index in [0.717, 1.165) is 17.5 Å². The Hall–Kier alpha value is -4.46. The fraction of sp³-hybridized carbons (Fsp3) is 0.429. The highest BCUT2D eigenvalue weighted by Gasteiger charge is 2.54. The van der Waals surface area contributed by atoms with Crippen molar-refractivity contribution in [3.8, 4) is 17.2 Å². The monoisotopic (exact) mass is 528 g/mol. The molecule has 11 nitrogen and oxygen atoms in total. The van der Waals surface area contributed by atoms with Crippen LogP contribution in [-0.2, 0) is 4.79 Å². The van der Waals surface area contributed by atoms with Gasteiger partial charge in [0, 0.05) is 48.7 Å². The normalized spacial score (nSPS) is 19.6. The Kier molecular flexibility index (Phi) is 6.72. The van der Waals surface area contributed by atoms with Crippen LogP contribution in [0.5, 0.6) is 0 Å². The molecule has 5 rings (SSSR count). The number of anilines is 1. The van der Waals surface area contributed by atoms with Crippen LogP contribution in [0.4, 0.5) is 5.69 Å². The minimum atomic E-state index is -0.870. The summed E-state index contributed by atoms with van der Waals surface area (Å²) in [5, 5.41) is 20.2. The van der Waals surface area contributed by atoms with E-state index >= 15 is 0 Å². The Labute approximate surface area is 226 Å². The van der Waals surface area contributed by atoms with Crippen LogP contribution in [0.1, 0.15) is 60.9 Å². The van der Waals surface area contributed by atoms with E-state index in [1.807, 2.05) is 32.2 Å². The van der Waals surface area contributed by atoms with Crippen LogP contribution in [0.25, 0.3) is 16.6 Å². The molecule has 2 fully saturated rings. The van der Waals surface area contributed by atoms with Gasteiger partial charge >= 0.3 is 0 Å². The molecule has 11 heteroatoms. The lowest BCUT2D eigenvalue weighted by molar-refractivity contribution is -0.134. The average Bonchev–Trinajstić information content (AvgIpc) is 3.42. The van der Waals surface area contributed by atoms with Gasteiger partial charge in [0.2, 0.25) is 5.91 Å². The number of carbonyl (C=O) groups excluding carboxylic acids is 3. The van der Waals surface area contributed by atoms with Crippen molar-refractivity contribution < 1.29 is 14.4 Å². The fourth-order valence-corrected chi connectivity index (χ4v) is 5.19. The highest BCUT2D eigenvalue weighted by Crippen LogP contribution is 2.47. The van der Waals surface area contributed by atoms with E-state index in [1.54, 1.807) is 21.7 Å². The maximum atomic E-state index is 13.0. The minimum Gasteiger partial charge on any atom is -0.378 e. The molecule has 1 saturated heterocycles. The summed E-state index contributed by atoms with van der Waals surface area (Å²) in [6, 6.07) is 7.45. The predicted molar refractivity (Wildman–Crippen MR) is 145 cm³/mol. The van der Waals surface area contributed by atoms with Crippen LogP contribution in [0.15, 0.2) is 36.8 Å². The molecule has 3 aromatic rings. The first-order valence-corrected chi connectivity index (χ1v) is 13.2. The van der Waals surface area contributed by atoms with Gasteiger partial charge in [0.05, 0.1) is 29.0 Å². The lowest BCUT2D eigenvalue weighted by Gasteiger charge is -2.22. The van der Waals surface area contributed by atoms with E-state index in [9.17, 15) is 19.6 Å². The van der Waals surface area contributed by atoms with E-state index in [0.29, 0.717) is 42.8 Å². The number of primary amides is 1. The fourth-order valence-electron chi connectivity index (χ4n) is 5.19. The molecule has 0 aromatic carbocycles. The lowest BCUT2D eigenvalue weighted by atomic mass is 10.00. The first-order valence-electron chi connectivity index (χ1n) is 13.2. The number of nitriles is 1. The standard InChI is InChI=1S/C28H32N8O3/c1-4-17-12-35(27(39)28(15-29)7-8-28)14-22(17)34-24-20(25(30)37)11-32-36-13-19(9-23(24)36)18-5-6-21(31-10-18)26(38)33-16(2)3/h5-6,9-11,13,16-17,22,34H,4,7-8,12,14H2,1-3H3,(H2,30,37)(H,33,38)/t17-,22-/m1/s1. The van der Waals surface area contributed by atoms with Crippen molar-refractivity contribution in [3.63, 3.8) is 0 Å². The molecule has 3 aromatic heterocycles. The maximum Gasteiger partial charge on any atom is 0.270 e. The second kappa shape index (κ2) is 10.0. The van der Waals surface area contributed by atoms with Crippen molar-refractivity contribution in [2.45, 2.75) is 52.1 Å². The number of fused-ring (bicyclic) bond motifs is 1. The third-order valence-electron chi connectivity index (χ3n) is 7.61. The summed E-state index contributed by atoms with van der Waals surface area (Å²) in [6.07, 6.45) is 6.92. The van der Waals surface area contributed by atoms with Gasteiger partial charge in [-0.25, -0.2) is 4.52 Å². The second-order valence-electron chi connectivity index (χ2n) is 10.7. The van der Waals surface area contributed by atoms with Crippen LogP contribution < -0.4 is 16.4 Å². The molecule has 1 saturated carbocycles. The van der Waals surface area contributed by atoms with E-state index in [-0.39, 0.29) is 35.4 Å². The van der Waals surface area contributed by atoms with Crippen LogP contribution in [-0.4, -0.2) is 62.4 Å². The van der Waals surface area contributed by atoms with Crippen molar-refractivity contribution in [2.24, 2.45) is 17.1 Å². The molecule has 2 atom stereocenters. The number of hydrogen-bond acceptors (Lipinski definition) is 7. The van der Waals surface area contributed by atoms with Crippen molar-refractivity contribution in [2.75, 3.05) is 18.4 Å². The summed E-state index contributed by atoms with van der Waals surface area (Å²) in [4.78, 5) is 43.8. The maximum absolute atomic E-state index is 13.0. The molecule has 202 valence electrons. The zero-order valence-electron chi connectivity index (χ0n) is 22.3. The van der Waals surface area contributed by atoms with E-state index in [1.165, 1.54) is 6.20 Å². The average molecular weight is 529 g/mol. The Bertz CT molecular complexity index is 1480. The van der Waals surface area contributed by atoms with Gasteiger partial charge in [0.15, 0.2) is 0 Å². The number of nitrogens with one attached hydrogen (secondary N) is 2. The van der Waals surface area contributed by atoms with Crippen LogP contribution >= 0.6 is 0 Å². The van der Waals surface area contributed by atoms with Gasteiger partial charge < -0.3 is 21.3 Å². The largest absolute Gasteiger partial charge is 0.378 e. The molecule has 0 radical (unpaired) electrons. The number of aromatic nitrogens is 3. The number of pyridine rings is 1. The summed E-state index contributed by atoms with van der Waals surface area (Å²) in [6.45, 7) is 6.83. The number of rotatable bonds is 8. The van der Waals surface area contributed by atoms with Crippen molar-refractivity contribution in [1.82, 2.24) is 24.8 Å². The van der Waals surface area contributed by atoms with Gasteiger partial charge in [-0.15, -0.1) is 0 Å². The first kappa shape index (κ1) is 26.2. The van der Waals surface area contributed by atoms with Crippen molar-refractivity contribution in [1.29, 1.82) is 5.26 Å². The van der Waals surface area contributed by atoms with E-state index < -0.39 is 11.3 Å². The number of nitrogens with two attached hydrogens (primary N) is 1. The van der Waals surface area contributed by atoms with Crippen LogP contribution in [0.3, 0.4) is 0 Å². The van der Waals surface area contributed by atoms with Crippen molar-refractivity contribution in [3.05, 3.63) is 48.0 Å². The molecule has 4 heterocycles. The molecular weight excluding hydrogens is 496 g/mol. The molecule has 3 amide bonds. The summed E-state index contributed by atoms with van der Waals surface area (Å²) in [7, 11) is 0. The van der Waals surface area contributed by atoms with Gasteiger partial charge in [-0.1, -0.05) is 13.0 Å². The number of nitrogens with zero attached hydrogens (tertiary/aromatic N) is 5. The summed E-state index contributed by atoms with van der Waals surface area (Å²) in [5.74, 6) is -0.820. The Balaban J connectivity index is 1.45. The molecule has 0 unspecified atom stereocenters. The van der Waals surface area contributed by atoms with Gasteiger partial charge in [-0.2, -0.15) is 10.4 Å². The smallest absolute Gasteiger partial charge is 0.270 e. The first-order chi connectivity index (χ1) is 18.7. The SMILES string of the molecule is CC[C@@H]1CN(C(=O)C2(C#N)CC2)C[C@H]1Nc1c(C(N)=O)cnn2cc(-c3ccc(C(=O)NC(C)C)nc3)cc12. The van der Waals surface area contributed by atoms with Crippen molar-refractivity contribution >= 4 is 28.9 Å². The molecule has 39 heavy (non-hydrogen) atoms. The van der Waals surface area contributed by atoms with Crippen LogP contribution in [0.2, 0.25) is 0 Å². The Morgan fingerprint density at radius 1 is 1.21 bits per heavy atom. The Morgan fingerprint density at radius 2 is 1.97 bits per heavy atom. The third-order valence-corrected chi connectivity index (χ3v) is 7.61. The van der Waals surface area contributed by atoms with E-state index in [4.69, 9.17) is 5.73 Å². The summed E-state index contributed by atoms with van der Waals surface area (Å²) >= 11 is 0. The molecule has 4 N–H and O–H groups in total. The second-order valence-corrected chi connectivity index (χ2v) is 10.7. The highest BCUT2D eigenvalue weighted by molar-refractivity contribution is 6.02. The molecular formula is C28H32N8O3. The third kappa shape index (κ3) is 4.90. The number of hydrogen-bond donors (Lipinski definition) is 3. The van der Waals surface area contributed by atoms with Crippen LogP contribution in [0, 0.1) is 22.7 Å². The van der Waals surface area contributed by atoms with Gasteiger partial charge in [0.25, 0.3) is 11.8 Å². The highest BCUT2D eigenvalue weighted by atomic mass is 16.2. The van der Waals surface area contributed by atoms with Gasteiger partial charge in [-0.3, -0.25) is 19.4 Å². The Morgan fingerprint density at radius 3 is 2.56 bits per heavy atom. The van der Waals surface area contributed by atoms with Gasteiger partial charge in [-0.05, 0) is 51.2 Å². The van der Waals surface area contributed by atoms with E-state index in [2.05, 4.69) is 33.7 Å². The summed E-state index contributed by atoms with van der Waals surface area (Å²) < 4.78 is 1.66. The minimum absolute atomic E-state index is 0.00531. The molecule has 0 spiro atoms. The zero-order chi connectivity index (χ0) is 27.9. The molecule has 1 aliphatic carbocycles. The zero-order valence-corrected chi connectivity index (χ0v) is 22.3. The van der Waals surface area contributed by atoms with Gasteiger partial charge in [0.1, 0.15) is 11.1 Å². The quantitative estimate of drug-likeness (QED) is 0.405. The number of amides is 3. The summed E-state index contributed by atoms with van der Waals surface area (Å²) in [5.41, 5.74) is 8.21. The number of carbonyl (C=O) groups is 3. The lowest BCUT2D eigenvalue weighted by Crippen LogP contribution is -2.36. The topological polar surface area (TPSA) is 159 Å². The predicted octanol–water partition coefficient (Wildman–Crippen LogP) is 2.59. The molecule has 1 aliphatic heterocycles. The molecule has 2 aliphatic rings. The molecule has 0 bridgehead atoms.